The van der Waals surface area contributed by atoms with Gasteiger partial charge in [-0.15, -0.1) is 10.2 Å². The van der Waals surface area contributed by atoms with Crippen molar-refractivity contribution in [1.29, 1.82) is 0 Å². The van der Waals surface area contributed by atoms with Gasteiger partial charge in [-0.05, 0) is 19.3 Å². The van der Waals surface area contributed by atoms with E-state index >= 15 is 0 Å². The number of likely N-dealkylation sites (tertiary alicyclic amines) is 1. The first-order valence-corrected chi connectivity index (χ1v) is 8.93. The third kappa shape index (κ3) is 3.70. The number of aromatic nitrogens is 3. The van der Waals surface area contributed by atoms with Crippen LogP contribution in [0.4, 0.5) is 0 Å². The Morgan fingerprint density at radius 2 is 2.17 bits per heavy atom. The number of piperidine rings is 1. The Balaban J connectivity index is 1.26. The molecule has 0 amide bonds. The standard InChI is InChI=1S/C15H20N4O3S/c1-5-19(6-2-12(1)21-15-16-4-8-23-15)9-13-17-18-14(22-13)11-3-7-20-10-11/h4,8,11-12H,1-3,5-7,9-10H2. The Hall–Kier alpha value is -1.51. The van der Waals surface area contributed by atoms with E-state index in [1.807, 2.05) is 5.38 Å². The molecule has 0 radical (unpaired) electrons. The van der Waals surface area contributed by atoms with Gasteiger partial charge >= 0.3 is 0 Å². The smallest absolute Gasteiger partial charge is 0.273 e. The van der Waals surface area contributed by atoms with Gasteiger partial charge in [0.05, 0.1) is 19.1 Å². The molecule has 2 aromatic rings. The van der Waals surface area contributed by atoms with E-state index in [-0.39, 0.29) is 12.0 Å². The average Bonchev–Trinajstić information content (AvgIpc) is 3.31. The van der Waals surface area contributed by atoms with Gasteiger partial charge in [0.25, 0.3) is 5.19 Å². The fraction of sp³-hybridized carbons (Fsp3) is 0.667. The number of nitrogens with zero attached hydrogens (tertiary/aromatic N) is 4. The summed E-state index contributed by atoms with van der Waals surface area (Å²) in [6.45, 7) is 4.14. The van der Waals surface area contributed by atoms with Crippen molar-refractivity contribution in [3.63, 3.8) is 0 Å². The Labute approximate surface area is 138 Å². The minimum absolute atomic E-state index is 0.256. The van der Waals surface area contributed by atoms with Crippen LogP contribution < -0.4 is 4.74 Å². The quantitative estimate of drug-likeness (QED) is 0.827. The molecule has 0 N–H and O–H groups in total. The summed E-state index contributed by atoms with van der Waals surface area (Å²) in [4.78, 5) is 6.51. The van der Waals surface area contributed by atoms with E-state index in [9.17, 15) is 0 Å². The van der Waals surface area contributed by atoms with Crippen molar-refractivity contribution in [3.8, 4) is 5.19 Å². The summed E-state index contributed by atoms with van der Waals surface area (Å²) in [6, 6.07) is 0. The molecule has 0 bridgehead atoms. The van der Waals surface area contributed by atoms with Crippen LogP contribution in [0, 0.1) is 0 Å². The zero-order valence-corrected chi connectivity index (χ0v) is 13.7. The number of rotatable bonds is 5. The van der Waals surface area contributed by atoms with Crippen LogP contribution in [-0.2, 0) is 11.3 Å². The lowest BCUT2D eigenvalue weighted by Crippen LogP contribution is -2.37. The molecule has 23 heavy (non-hydrogen) atoms. The van der Waals surface area contributed by atoms with Crippen molar-refractivity contribution in [2.45, 2.75) is 37.8 Å². The van der Waals surface area contributed by atoms with Crippen LogP contribution in [0.3, 0.4) is 0 Å². The molecule has 1 atom stereocenters. The molecule has 124 valence electrons. The van der Waals surface area contributed by atoms with Crippen molar-refractivity contribution in [3.05, 3.63) is 23.4 Å². The van der Waals surface area contributed by atoms with Crippen LogP contribution >= 0.6 is 11.3 Å². The Bertz CT molecular complexity index is 604. The molecule has 2 saturated heterocycles. The molecular formula is C15H20N4O3S. The minimum atomic E-state index is 0.256. The summed E-state index contributed by atoms with van der Waals surface area (Å²) in [6.07, 6.45) is 5.00. The molecule has 8 heteroatoms. The van der Waals surface area contributed by atoms with Gasteiger partial charge in [-0.1, -0.05) is 11.3 Å². The molecule has 4 rings (SSSR count). The van der Waals surface area contributed by atoms with Crippen LogP contribution in [0.25, 0.3) is 0 Å². The van der Waals surface area contributed by atoms with Crippen molar-refractivity contribution >= 4 is 11.3 Å². The summed E-state index contributed by atoms with van der Waals surface area (Å²) in [5.41, 5.74) is 0. The third-order valence-electron chi connectivity index (χ3n) is 4.33. The molecule has 2 aliphatic heterocycles. The monoisotopic (exact) mass is 336 g/mol. The second-order valence-corrected chi connectivity index (χ2v) is 6.84. The topological polar surface area (TPSA) is 73.5 Å². The van der Waals surface area contributed by atoms with Gasteiger partial charge in [0.2, 0.25) is 11.8 Å². The maximum atomic E-state index is 5.88. The summed E-state index contributed by atoms with van der Waals surface area (Å²) >= 11 is 1.54. The number of hydrogen-bond donors (Lipinski definition) is 0. The zero-order chi connectivity index (χ0) is 15.5. The highest BCUT2D eigenvalue weighted by molar-refractivity contribution is 7.11. The molecule has 0 saturated carbocycles. The number of ether oxygens (including phenoxy) is 2. The zero-order valence-electron chi connectivity index (χ0n) is 12.9. The Morgan fingerprint density at radius 1 is 1.26 bits per heavy atom. The first kappa shape index (κ1) is 15.0. The van der Waals surface area contributed by atoms with Gasteiger partial charge in [-0.25, -0.2) is 4.98 Å². The summed E-state index contributed by atoms with van der Waals surface area (Å²) in [5, 5.41) is 11.1. The average molecular weight is 336 g/mol. The Kier molecular flexibility index (Phi) is 4.54. The summed E-state index contributed by atoms with van der Waals surface area (Å²) < 4.78 is 17.0. The second-order valence-electron chi connectivity index (χ2n) is 5.99. The summed E-state index contributed by atoms with van der Waals surface area (Å²) in [7, 11) is 0. The highest BCUT2D eigenvalue weighted by Crippen LogP contribution is 2.25. The van der Waals surface area contributed by atoms with E-state index in [0.29, 0.717) is 19.0 Å². The molecule has 2 fully saturated rings. The molecule has 1 unspecified atom stereocenters. The maximum Gasteiger partial charge on any atom is 0.273 e. The maximum absolute atomic E-state index is 5.88. The van der Waals surface area contributed by atoms with E-state index in [2.05, 4.69) is 20.1 Å². The predicted octanol–water partition coefficient (Wildman–Crippen LogP) is 2.07. The van der Waals surface area contributed by atoms with Crippen LogP contribution in [0.15, 0.2) is 16.0 Å². The largest absolute Gasteiger partial charge is 0.467 e. The van der Waals surface area contributed by atoms with E-state index in [4.69, 9.17) is 13.9 Å². The van der Waals surface area contributed by atoms with Gasteiger partial charge in [-0.2, -0.15) is 0 Å². The lowest BCUT2D eigenvalue weighted by atomic mass is 10.1. The number of thiazole rings is 1. The van der Waals surface area contributed by atoms with Gasteiger partial charge in [-0.3, -0.25) is 4.90 Å². The normalized spacial score (nSPS) is 23.4. The minimum Gasteiger partial charge on any atom is -0.467 e. The molecule has 4 heterocycles. The van der Waals surface area contributed by atoms with Crippen LogP contribution in [0.5, 0.6) is 5.19 Å². The van der Waals surface area contributed by atoms with Crippen LogP contribution in [-0.4, -0.2) is 52.5 Å². The van der Waals surface area contributed by atoms with Crippen molar-refractivity contribution in [1.82, 2.24) is 20.1 Å². The molecule has 0 aromatic carbocycles. The van der Waals surface area contributed by atoms with Gasteiger partial charge in [0.15, 0.2) is 0 Å². The third-order valence-corrected chi connectivity index (χ3v) is 4.99. The van der Waals surface area contributed by atoms with E-state index < -0.39 is 0 Å². The lowest BCUT2D eigenvalue weighted by Gasteiger charge is -2.30. The van der Waals surface area contributed by atoms with Crippen molar-refractivity contribution < 1.29 is 13.9 Å². The second kappa shape index (κ2) is 6.94. The molecule has 2 aliphatic rings. The van der Waals surface area contributed by atoms with E-state index in [1.165, 1.54) is 0 Å². The first-order chi connectivity index (χ1) is 11.4. The fourth-order valence-electron chi connectivity index (χ4n) is 3.01. The Morgan fingerprint density at radius 3 is 2.91 bits per heavy atom. The first-order valence-electron chi connectivity index (χ1n) is 8.05. The van der Waals surface area contributed by atoms with E-state index in [0.717, 1.165) is 50.0 Å². The lowest BCUT2D eigenvalue weighted by molar-refractivity contribution is 0.0912. The fourth-order valence-corrected chi connectivity index (χ4v) is 3.56. The van der Waals surface area contributed by atoms with Crippen LogP contribution in [0.1, 0.15) is 37.0 Å². The SMILES string of the molecule is c1csc(OC2CCN(Cc3nnc(C4CCOC4)o3)CC2)n1. The van der Waals surface area contributed by atoms with Crippen LogP contribution in [0.2, 0.25) is 0 Å². The molecule has 0 spiro atoms. The van der Waals surface area contributed by atoms with Crippen molar-refractivity contribution in [2.24, 2.45) is 0 Å². The molecular weight excluding hydrogens is 316 g/mol. The number of hydrogen-bond acceptors (Lipinski definition) is 8. The van der Waals surface area contributed by atoms with Gasteiger partial charge < -0.3 is 13.9 Å². The summed E-state index contributed by atoms with van der Waals surface area (Å²) in [5.74, 6) is 1.69. The van der Waals surface area contributed by atoms with E-state index in [1.54, 1.807) is 17.5 Å². The highest BCUT2D eigenvalue weighted by atomic mass is 32.1. The molecule has 7 nitrogen and oxygen atoms in total. The molecule has 0 aliphatic carbocycles. The predicted molar refractivity (Wildman–Crippen MR) is 83.5 cm³/mol. The van der Waals surface area contributed by atoms with Gasteiger partial charge in [0, 0.05) is 31.3 Å². The van der Waals surface area contributed by atoms with Gasteiger partial charge in [0.1, 0.15) is 6.10 Å². The molecule has 2 aromatic heterocycles. The van der Waals surface area contributed by atoms with Crippen molar-refractivity contribution in [2.75, 3.05) is 26.3 Å². The highest BCUT2D eigenvalue weighted by Gasteiger charge is 2.25.